The van der Waals surface area contributed by atoms with Gasteiger partial charge in [-0.15, -0.1) is 11.8 Å². The number of carbonyl (C=O) groups excluding carboxylic acids is 1. The van der Waals surface area contributed by atoms with Gasteiger partial charge in [-0.1, -0.05) is 11.6 Å². The van der Waals surface area contributed by atoms with E-state index in [9.17, 15) is 4.79 Å². The molecule has 2 rings (SSSR count). The number of benzene rings is 1. The summed E-state index contributed by atoms with van der Waals surface area (Å²) in [7, 11) is 0. The molecule has 1 saturated heterocycles. The molecule has 3 nitrogen and oxygen atoms in total. The van der Waals surface area contributed by atoms with Crippen molar-refractivity contribution in [2.24, 2.45) is 11.7 Å². The zero-order valence-electron chi connectivity index (χ0n) is 11.2. The van der Waals surface area contributed by atoms with Crippen LogP contribution in [0.2, 0.25) is 5.02 Å². The number of thioether (sulfide) groups is 1. The molecule has 2 atom stereocenters. The minimum absolute atomic E-state index is 0.0179. The summed E-state index contributed by atoms with van der Waals surface area (Å²) >= 11 is 7.77. The Labute approximate surface area is 123 Å². The normalized spacial score (nSPS) is 22.8. The third-order valence-electron chi connectivity index (χ3n) is 3.66. The maximum absolute atomic E-state index is 12.6. The van der Waals surface area contributed by atoms with Crippen LogP contribution in [0.25, 0.3) is 0 Å². The van der Waals surface area contributed by atoms with Gasteiger partial charge >= 0.3 is 0 Å². The summed E-state index contributed by atoms with van der Waals surface area (Å²) in [5, 5.41) is 0.520. The third kappa shape index (κ3) is 3.07. The van der Waals surface area contributed by atoms with Gasteiger partial charge in [0.25, 0.3) is 5.91 Å². The highest BCUT2D eigenvalue weighted by Crippen LogP contribution is 2.28. The first kappa shape index (κ1) is 14.7. The van der Waals surface area contributed by atoms with Crippen molar-refractivity contribution in [1.29, 1.82) is 0 Å². The van der Waals surface area contributed by atoms with E-state index in [0.717, 1.165) is 17.9 Å². The summed E-state index contributed by atoms with van der Waals surface area (Å²) in [4.78, 5) is 15.5. The lowest BCUT2D eigenvalue weighted by molar-refractivity contribution is 0.0743. The van der Waals surface area contributed by atoms with Crippen molar-refractivity contribution in [3.8, 4) is 0 Å². The van der Waals surface area contributed by atoms with E-state index >= 15 is 0 Å². The van der Waals surface area contributed by atoms with Gasteiger partial charge < -0.3 is 10.6 Å². The van der Waals surface area contributed by atoms with E-state index in [1.54, 1.807) is 17.8 Å². The smallest absolute Gasteiger partial charge is 0.255 e. The quantitative estimate of drug-likeness (QED) is 0.873. The highest BCUT2D eigenvalue weighted by Gasteiger charge is 2.32. The van der Waals surface area contributed by atoms with Crippen molar-refractivity contribution in [2.45, 2.75) is 24.3 Å². The summed E-state index contributed by atoms with van der Waals surface area (Å²) in [6.45, 7) is 3.43. The summed E-state index contributed by atoms with van der Waals surface area (Å²) in [6, 6.07) is 5.83. The molecule has 2 unspecified atom stereocenters. The first-order valence-electron chi connectivity index (χ1n) is 6.41. The fraction of sp³-hybridized carbons (Fsp3) is 0.500. The number of likely N-dealkylation sites (tertiary alicyclic amines) is 1. The van der Waals surface area contributed by atoms with Gasteiger partial charge in [0, 0.05) is 17.5 Å². The van der Waals surface area contributed by atoms with Crippen LogP contribution in [-0.2, 0) is 0 Å². The Morgan fingerprint density at radius 2 is 2.32 bits per heavy atom. The summed E-state index contributed by atoms with van der Waals surface area (Å²) in [5.74, 6) is 0.422. The molecule has 1 fully saturated rings. The predicted molar refractivity (Wildman–Crippen MR) is 80.9 cm³/mol. The van der Waals surface area contributed by atoms with Gasteiger partial charge in [0.2, 0.25) is 0 Å². The number of nitrogens with two attached hydrogens (primary N) is 1. The maximum atomic E-state index is 12.6. The second kappa shape index (κ2) is 6.16. The van der Waals surface area contributed by atoms with E-state index in [4.69, 9.17) is 17.3 Å². The zero-order valence-corrected chi connectivity index (χ0v) is 12.8. The van der Waals surface area contributed by atoms with Crippen LogP contribution in [-0.4, -0.2) is 36.2 Å². The standard InChI is InChI=1S/C14H19ClN2OS/c1-9-5-10(7-16)8-17(9)14(18)12-6-11(19-2)3-4-13(12)15/h3-4,6,9-10H,5,7-8,16H2,1-2H3. The lowest BCUT2D eigenvalue weighted by Gasteiger charge is -2.22. The fourth-order valence-electron chi connectivity index (χ4n) is 2.55. The monoisotopic (exact) mass is 298 g/mol. The molecule has 1 aromatic carbocycles. The number of hydrogen-bond donors (Lipinski definition) is 1. The molecule has 0 radical (unpaired) electrons. The van der Waals surface area contributed by atoms with Crippen LogP contribution in [0, 0.1) is 5.92 Å². The highest BCUT2D eigenvalue weighted by atomic mass is 35.5. The number of halogens is 1. The molecule has 5 heteroatoms. The molecule has 1 amide bonds. The Balaban J connectivity index is 2.24. The minimum atomic E-state index is 0.0179. The molecule has 0 aliphatic carbocycles. The lowest BCUT2D eigenvalue weighted by Crippen LogP contribution is -2.34. The zero-order chi connectivity index (χ0) is 14.0. The van der Waals surface area contributed by atoms with Gasteiger partial charge in [0.05, 0.1) is 10.6 Å². The van der Waals surface area contributed by atoms with Crippen LogP contribution in [0.5, 0.6) is 0 Å². The second-order valence-electron chi connectivity index (χ2n) is 4.99. The largest absolute Gasteiger partial charge is 0.336 e. The Bertz CT molecular complexity index is 481. The number of nitrogens with zero attached hydrogens (tertiary/aromatic N) is 1. The molecule has 2 N–H and O–H groups in total. The number of rotatable bonds is 3. The summed E-state index contributed by atoms with van der Waals surface area (Å²) < 4.78 is 0. The van der Waals surface area contributed by atoms with Crippen LogP contribution in [0.15, 0.2) is 23.1 Å². The van der Waals surface area contributed by atoms with Crippen LogP contribution < -0.4 is 5.73 Å². The van der Waals surface area contributed by atoms with E-state index in [-0.39, 0.29) is 11.9 Å². The Hall–Kier alpha value is -0.710. The fourth-order valence-corrected chi connectivity index (χ4v) is 3.18. The third-order valence-corrected chi connectivity index (χ3v) is 4.71. The van der Waals surface area contributed by atoms with Crippen LogP contribution in [0.1, 0.15) is 23.7 Å². The lowest BCUT2D eigenvalue weighted by atomic mass is 10.1. The van der Waals surface area contributed by atoms with Crippen molar-refractivity contribution >= 4 is 29.3 Å². The van der Waals surface area contributed by atoms with Crippen LogP contribution >= 0.6 is 23.4 Å². The molecule has 19 heavy (non-hydrogen) atoms. The summed E-state index contributed by atoms with van der Waals surface area (Å²) in [6.07, 6.45) is 2.96. The van der Waals surface area contributed by atoms with Crippen LogP contribution in [0.3, 0.4) is 0 Å². The van der Waals surface area contributed by atoms with Crippen molar-refractivity contribution in [3.63, 3.8) is 0 Å². The number of carbonyl (C=O) groups is 1. The SMILES string of the molecule is CSc1ccc(Cl)c(C(=O)N2CC(CN)CC2C)c1. The predicted octanol–water partition coefficient (Wildman–Crippen LogP) is 2.87. The average molecular weight is 299 g/mol. The summed E-state index contributed by atoms with van der Waals surface area (Å²) in [5.41, 5.74) is 6.30. The molecule has 104 valence electrons. The topological polar surface area (TPSA) is 46.3 Å². The van der Waals surface area contributed by atoms with E-state index in [1.165, 1.54) is 0 Å². The molecule has 1 aromatic rings. The molecule has 1 heterocycles. The maximum Gasteiger partial charge on any atom is 0.255 e. The van der Waals surface area contributed by atoms with Crippen molar-refractivity contribution in [2.75, 3.05) is 19.3 Å². The molecular weight excluding hydrogens is 280 g/mol. The second-order valence-corrected chi connectivity index (χ2v) is 6.28. The van der Waals surface area contributed by atoms with Crippen molar-refractivity contribution < 1.29 is 4.79 Å². The van der Waals surface area contributed by atoms with Gasteiger partial charge in [-0.25, -0.2) is 0 Å². The van der Waals surface area contributed by atoms with Crippen molar-refractivity contribution in [3.05, 3.63) is 28.8 Å². The minimum Gasteiger partial charge on any atom is -0.336 e. The van der Waals surface area contributed by atoms with Crippen LogP contribution in [0.4, 0.5) is 0 Å². The molecular formula is C14H19ClN2OS. The first-order chi connectivity index (χ1) is 9.06. The van der Waals surface area contributed by atoms with Gasteiger partial charge in [-0.05, 0) is 50.3 Å². The van der Waals surface area contributed by atoms with Gasteiger partial charge in [-0.2, -0.15) is 0 Å². The van der Waals surface area contributed by atoms with E-state index in [0.29, 0.717) is 23.0 Å². The molecule has 0 saturated carbocycles. The highest BCUT2D eigenvalue weighted by molar-refractivity contribution is 7.98. The Morgan fingerprint density at radius 1 is 1.58 bits per heavy atom. The van der Waals surface area contributed by atoms with E-state index in [1.807, 2.05) is 23.3 Å². The van der Waals surface area contributed by atoms with Gasteiger partial charge in [0.1, 0.15) is 0 Å². The average Bonchev–Trinajstić information content (AvgIpc) is 2.80. The molecule has 1 aliphatic rings. The first-order valence-corrected chi connectivity index (χ1v) is 8.01. The van der Waals surface area contributed by atoms with Gasteiger partial charge in [-0.3, -0.25) is 4.79 Å². The Kier molecular flexibility index (Phi) is 4.76. The van der Waals surface area contributed by atoms with E-state index < -0.39 is 0 Å². The molecule has 1 aliphatic heterocycles. The van der Waals surface area contributed by atoms with E-state index in [2.05, 4.69) is 6.92 Å². The van der Waals surface area contributed by atoms with Gasteiger partial charge in [0.15, 0.2) is 0 Å². The molecule has 0 spiro atoms. The Morgan fingerprint density at radius 3 is 2.89 bits per heavy atom. The molecule has 0 aromatic heterocycles. The van der Waals surface area contributed by atoms with Crippen molar-refractivity contribution in [1.82, 2.24) is 4.90 Å². The molecule has 0 bridgehead atoms. The number of amides is 1. The number of hydrogen-bond acceptors (Lipinski definition) is 3.